The van der Waals surface area contributed by atoms with Gasteiger partial charge in [0.05, 0.1) is 5.56 Å². The van der Waals surface area contributed by atoms with Crippen LogP contribution in [0.5, 0.6) is 0 Å². The van der Waals surface area contributed by atoms with Gasteiger partial charge in [0, 0.05) is 18.7 Å². The molecule has 0 saturated heterocycles. The summed E-state index contributed by atoms with van der Waals surface area (Å²) in [5.74, 6) is -0.982. The maximum atomic E-state index is 12.3. The summed E-state index contributed by atoms with van der Waals surface area (Å²) < 4.78 is 0. The number of benzene rings is 1. The van der Waals surface area contributed by atoms with E-state index in [1.807, 2.05) is 4.90 Å². The number of amides is 1. The molecule has 0 saturated carbocycles. The van der Waals surface area contributed by atoms with Crippen LogP contribution in [-0.2, 0) is 6.42 Å². The van der Waals surface area contributed by atoms with Gasteiger partial charge in [-0.15, -0.1) is 0 Å². The van der Waals surface area contributed by atoms with Crippen molar-refractivity contribution in [2.24, 2.45) is 0 Å². The van der Waals surface area contributed by atoms with E-state index in [1.54, 1.807) is 18.2 Å². The van der Waals surface area contributed by atoms with E-state index in [0.29, 0.717) is 24.1 Å². The molecular weight excluding hydrogens is 242 g/mol. The maximum Gasteiger partial charge on any atom is 0.335 e. The van der Waals surface area contributed by atoms with Gasteiger partial charge in [-0.25, -0.2) is 4.79 Å². The number of carbonyl (C=O) groups is 2. The lowest BCUT2D eigenvalue weighted by Crippen LogP contribution is -2.38. The van der Waals surface area contributed by atoms with E-state index in [2.05, 4.69) is 6.92 Å². The zero-order valence-corrected chi connectivity index (χ0v) is 11.2. The molecule has 1 aromatic rings. The molecule has 1 aliphatic rings. The second-order valence-electron chi connectivity index (χ2n) is 4.89. The predicted octanol–water partition coefficient (Wildman–Crippen LogP) is 2.57. The highest BCUT2D eigenvalue weighted by molar-refractivity contribution is 6.01. The number of rotatable bonds is 5. The van der Waals surface area contributed by atoms with Crippen LogP contribution in [0, 0.1) is 0 Å². The SMILES string of the molecule is CCCCCN1CCc2c(C(=O)O)cccc2C1=O. The van der Waals surface area contributed by atoms with E-state index in [0.717, 1.165) is 25.8 Å². The molecule has 0 bridgehead atoms. The smallest absolute Gasteiger partial charge is 0.335 e. The Kier molecular flexibility index (Phi) is 4.20. The number of nitrogens with zero attached hydrogens (tertiary/aromatic N) is 1. The first-order valence-electron chi connectivity index (χ1n) is 6.79. The number of carboxylic acid groups (broad SMARTS) is 1. The molecule has 102 valence electrons. The molecule has 0 aromatic heterocycles. The first-order chi connectivity index (χ1) is 9.15. The fourth-order valence-electron chi connectivity index (χ4n) is 2.54. The molecule has 0 spiro atoms. The van der Waals surface area contributed by atoms with Crippen LogP contribution in [0.4, 0.5) is 0 Å². The van der Waals surface area contributed by atoms with Gasteiger partial charge in [-0.2, -0.15) is 0 Å². The molecule has 1 aliphatic heterocycles. The largest absolute Gasteiger partial charge is 0.478 e. The molecule has 1 N–H and O–H groups in total. The third-order valence-electron chi connectivity index (χ3n) is 3.59. The van der Waals surface area contributed by atoms with Crippen LogP contribution in [0.25, 0.3) is 0 Å². The van der Waals surface area contributed by atoms with E-state index < -0.39 is 5.97 Å². The number of aromatic carboxylic acids is 1. The zero-order chi connectivity index (χ0) is 13.8. The second-order valence-corrected chi connectivity index (χ2v) is 4.89. The minimum Gasteiger partial charge on any atom is -0.478 e. The summed E-state index contributed by atoms with van der Waals surface area (Å²) in [6, 6.07) is 4.95. The third-order valence-corrected chi connectivity index (χ3v) is 3.59. The van der Waals surface area contributed by atoms with Crippen molar-refractivity contribution in [3.05, 3.63) is 34.9 Å². The number of unbranched alkanes of at least 4 members (excludes halogenated alkanes) is 2. The molecule has 1 heterocycles. The molecule has 4 nitrogen and oxygen atoms in total. The minimum atomic E-state index is -0.955. The summed E-state index contributed by atoms with van der Waals surface area (Å²) in [4.78, 5) is 25.3. The van der Waals surface area contributed by atoms with Crippen molar-refractivity contribution in [3.63, 3.8) is 0 Å². The quantitative estimate of drug-likeness (QED) is 0.829. The highest BCUT2D eigenvalue weighted by Crippen LogP contribution is 2.23. The van der Waals surface area contributed by atoms with Crippen molar-refractivity contribution >= 4 is 11.9 Å². The van der Waals surface area contributed by atoms with Crippen LogP contribution in [0.1, 0.15) is 52.5 Å². The van der Waals surface area contributed by atoms with Crippen LogP contribution < -0.4 is 0 Å². The van der Waals surface area contributed by atoms with Gasteiger partial charge in [0.15, 0.2) is 0 Å². The monoisotopic (exact) mass is 261 g/mol. The molecule has 0 radical (unpaired) electrons. The summed E-state index contributed by atoms with van der Waals surface area (Å²) in [6.45, 7) is 3.52. The summed E-state index contributed by atoms with van der Waals surface area (Å²) in [6.07, 6.45) is 3.89. The first kappa shape index (κ1) is 13.6. The lowest BCUT2D eigenvalue weighted by molar-refractivity contribution is 0.0693. The van der Waals surface area contributed by atoms with Crippen molar-refractivity contribution in [3.8, 4) is 0 Å². The topological polar surface area (TPSA) is 57.6 Å². The molecular formula is C15H19NO3. The second kappa shape index (κ2) is 5.87. The van der Waals surface area contributed by atoms with Crippen LogP contribution >= 0.6 is 0 Å². The van der Waals surface area contributed by atoms with E-state index in [-0.39, 0.29) is 11.5 Å². The van der Waals surface area contributed by atoms with Gasteiger partial charge >= 0.3 is 5.97 Å². The Balaban J connectivity index is 2.20. The van der Waals surface area contributed by atoms with E-state index in [9.17, 15) is 9.59 Å². The Hall–Kier alpha value is -1.84. The van der Waals surface area contributed by atoms with Crippen molar-refractivity contribution < 1.29 is 14.7 Å². The fraction of sp³-hybridized carbons (Fsp3) is 0.467. The number of fused-ring (bicyclic) bond motifs is 1. The van der Waals surface area contributed by atoms with E-state index in [4.69, 9.17) is 5.11 Å². The Morgan fingerprint density at radius 3 is 2.84 bits per heavy atom. The molecule has 1 amide bonds. The summed E-state index contributed by atoms with van der Waals surface area (Å²) in [5.41, 5.74) is 1.51. The van der Waals surface area contributed by atoms with Crippen LogP contribution in [0.2, 0.25) is 0 Å². The highest BCUT2D eigenvalue weighted by atomic mass is 16.4. The average Bonchev–Trinajstić information content (AvgIpc) is 2.41. The molecule has 4 heteroatoms. The Morgan fingerprint density at radius 2 is 2.16 bits per heavy atom. The third kappa shape index (κ3) is 2.78. The lowest BCUT2D eigenvalue weighted by Gasteiger charge is -2.29. The van der Waals surface area contributed by atoms with Crippen LogP contribution in [-0.4, -0.2) is 35.0 Å². The van der Waals surface area contributed by atoms with Gasteiger partial charge in [0.1, 0.15) is 0 Å². The van der Waals surface area contributed by atoms with Crippen molar-refractivity contribution in [1.29, 1.82) is 0 Å². The van der Waals surface area contributed by atoms with E-state index >= 15 is 0 Å². The highest BCUT2D eigenvalue weighted by Gasteiger charge is 2.26. The average molecular weight is 261 g/mol. The fourth-order valence-corrected chi connectivity index (χ4v) is 2.54. The predicted molar refractivity (Wildman–Crippen MR) is 72.5 cm³/mol. The standard InChI is InChI=1S/C15H19NO3/c1-2-3-4-9-16-10-8-11-12(14(16)17)6-5-7-13(11)15(18)19/h5-7H,2-4,8-10H2,1H3,(H,18,19). The van der Waals surface area contributed by atoms with Crippen LogP contribution in [0.3, 0.4) is 0 Å². The van der Waals surface area contributed by atoms with E-state index in [1.165, 1.54) is 0 Å². The Bertz CT molecular complexity index is 496. The Labute approximate surface area is 113 Å². The molecule has 0 atom stereocenters. The normalized spacial score (nSPS) is 14.4. The summed E-state index contributed by atoms with van der Waals surface area (Å²) >= 11 is 0. The molecule has 0 aliphatic carbocycles. The number of hydrogen-bond donors (Lipinski definition) is 1. The maximum absolute atomic E-state index is 12.3. The van der Waals surface area contributed by atoms with Gasteiger partial charge in [-0.1, -0.05) is 25.8 Å². The number of hydrogen-bond acceptors (Lipinski definition) is 2. The molecule has 2 rings (SSSR count). The first-order valence-corrected chi connectivity index (χ1v) is 6.79. The van der Waals surface area contributed by atoms with Gasteiger partial charge in [0.2, 0.25) is 0 Å². The summed E-state index contributed by atoms with van der Waals surface area (Å²) in [7, 11) is 0. The number of carboxylic acids is 1. The van der Waals surface area contributed by atoms with Crippen molar-refractivity contribution in [1.82, 2.24) is 4.90 Å². The molecule has 0 unspecified atom stereocenters. The zero-order valence-electron chi connectivity index (χ0n) is 11.2. The molecule has 19 heavy (non-hydrogen) atoms. The van der Waals surface area contributed by atoms with Crippen molar-refractivity contribution in [2.75, 3.05) is 13.1 Å². The molecule has 0 fully saturated rings. The van der Waals surface area contributed by atoms with Gasteiger partial charge in [-0.05, 0) is 30.5 Å². The lowest BCUT2D eigenvalue weighted by atomic mass is 9.94. The Morgan fingerprint density at radius 1 is 1.37 bits per heavy atom. The summed E-state index contributed by atoms with van der Waals surface area (Å²) in [5, 5.41) is 9.14. The van der Waals surface area contributed by atoms with Gasteiger partial charge in [0.25, 0.3) is 5.91 Å². The minimum absolute atomic E-state index is 0.0274. The molecule has 1 aromatic carbocycles. The van der Waals surface area contributed by atoms with Gasteiger partial charge < -0.3 is 10.0 Å². The van der Waals surface area contributed by atoms with Crippen LogP contribution in [0.15, 0.2) is 18.2 Å². The van der Waals surface area contributed by atoms with Gasteiger partial charge in [-0.3, -0.25) is 4.79 Å². The van der Waals surface area contributed by atoms with Crippen molar-refractivity contribution in [2.45, 2.75) is 32.6 Å². The number of carbonyl (C=O) groups excluding carboxylic acids is 1.